The van der Waals surface area contributed by atoms with Crippen LogP contribution in [0.1, 0.15) is 18.1 Å². The molecule has 0 bridgehead atoms. The van der Waals surface area contributed by atoms with Gasteiger partial charge in [0.2, 0.25) is 0 Å². The Bertz CT molecular complexity index is 324. The van der Waals surface area contributed by atoms with Crippen LogP contribution >= 0.6 is 12.4 Å². The Hall–Kier alpha value is -1.07. The summed E-state index contributed by atoms with van der Waals surface area (Å²) in [7, 11) is 0. The highest BCUT2D eigenvalue weighted by Crippen LogP contribution is 2.20. The summed E-state index contributed by atoms with van der Waals surface area (Å²) in [5.41, 5.74) is 6.33. The first-order valence-electron chi connectivity index (χ1n) is 4.24. The van der Waals surface area contributed by atoms with E-state index in [-0.39, 0.29) is 12.4 Å². The van der Waals surface area contributed by atoms with Crippen LogP contribution < -0.4 is 5.73 Å². The van der Waals surface area contributed by atoms with E-state index in [2.05, 4.69) is 10.1 Å². The number of nitrogens with zero attached hydrogens (tertiary/aromatic N) is 2. The standard InChI is InChI=1S/C8H11N3O2.ClH/c9-3-1-7-10-8(13-11-7)6-2-4-12-5-6;/h5H,1-4,9H2;1H. The molecule has 1 aromatic heterocycles. The molecule has 78 valence electrons. The van der Waals surface area contributed by atoms with Crippen molar-refractivity contribution in [2.24, 2.45) is 5.73 Å². The van der Waals surface area contributed by atoms with Gasteiger partial charge in [0.15, 0.2) is 5.82 Å². The lowest BCUT2D eigenvalue weighted by Crippen LogP contribution is -2.03. The Morgan fingerprint density at radius 3 is 3.00 bits per heavy atom. The van der Waals surface area contributed by atoms with E-state index in [9.17, 15) is 0 Å². The van der Waals surface area contributed by atoms with Crippen LogP contribution in [0.5, 0.6) is 0 Å². The quantitative estimate of drug-likeness (QED) is 0.809. The van der Waals surface area contributed by atoms with Crippen molar-refractivity contribution in [3.8, 4) is 0 Å². The average molecular weight is 218 g/mol. The van der Waals surface area contributed by atoms with Crippen molar-refractivity contribution in [3.05, 3.63) is 18.0 Å². The summed E-state index contributed by atoms with van der Waals surface area (Å²) in [6.07, 6.45) is 3.15. The van der Waals surface area contributed by atoms with Crippen molar-refractivity contribution >= 4 is 18.0 Å². The van der Waals surface area contributed by atoms with Gasteiger partial charge in [-0.1, -0.05) is 5.16 Å². The van der Waals surface area contributed by atoms with Gasteiger partial charge in [0, 0.05) is 12.8 Å². The van der Waals surface area contributed by atoms with Gasteiger partial charge in [-0.25, -0.2) is 0 Å². The molecule has 0 saturated carbocycles. The van der Waals surface area contributed by atoms with Gasteiger partial charge < -0.3 is 15.0 Å². The van der Waals surface area contributed by atoms with Gasteiger partial charge in [-0.3, -0.25) is 0 Å². The third-order valence-electron chi connectivity index (χ3n) is 1.83. The maximum absolute atomic E-state index is 5.36. The summed E-state index contributed by atoms with van der Waals surface area (Å²) < 4.78 is 10.1. The molecule has 1 aromatic rings. The number of aromatic nitrogens is 2. The zero-order valence-electron chi connectivity index (χ0n) is 7.60. The Kier molecular flexibility index (Phi) is 3.91. The number of ether oxygens (including phenoxy) is 1. The minimum absolute atomic E-state index is 0. The molecule has 0 saturated heterocycles. The van der Waals surface area contributed by atoms with E-state index in [0.717, 1.165) is 12.0 Å². The molecule has 0 aliphatic carbocycles. The molecule has 2 N–H and O–H groups in total. The second-order valence-electron chi connectivity index (χ2n) is 2.82. The largest absolute Gasteiger partial charge is 0.500 e. The molecule has 1 aliphatic rings. The minimum atomic E-state index is 0. The fourth-order valence-electron chi connectivity index (χ4n) is 1.16. The van der Waals surface area contributed by atoms with Gasteiger partial charge in [0.1, 0.15) is 0 Å². The monoisotopic (exact) mass is 217 g/mol. The van der Waals surface area contributed by atoms with Crippen molar-refractivity contribution in [2.45, 2.75) is 12.8 Å². The molecule has 2 rings (SSSR count). The molecule has 6 heteroatoms. The number of hydrogen-bond donors (Lipinski definition) is 1. The Morgan fingerprint density at radius 2 is 2.36 bits per heavy atom. The van der Waals surface area contributed by atoms with Gasteiger partial charge in [-0.2, -0.15) is 4.98 Å². The summed E-state index contributed by atoms with van der Waals surface area (Å²) in [4.78, 5) is 4.18. The number of halogens is 1. The lowest BCUT2D eigenvalue weighted by Gasteiger charge is -1.87. The number of rotatable bonds is 3. The molecule has 14 heavy (non-hydrogen) atoms. The maximum Gasteiger partial charge on any atom is 0.257 e. The smallest absolute Gasteiger partial charge is 0.257 e. The van der Waals surface area contributed by atoms with Crippen molar-refractivity contribution in [3.63, 3.8) is 0 Å². The third kappa shape index (κ3) is 2.24. The SMILES string of the molecule is Cl.NCCc1noc(C2=COCC2)n1. The molecule has 0 radical (unpaired) electrons. The maximum atomic E-state index is 5.36. The van der Waals surface area contributed by atoms with E-state index < -0.39 is 0 Å². The highest BCUT2D eigenvalue weighted by Gasteiger charge is 2.14. The Labute approximate surface area is 87.7 Å². The predicted molar refractivity (Wildman–Crippen MR) is 52.9 cm³/mol. The fourth-order valence-corrected chi connectivity index (χ4v) is 1.16. The molecular formula is C8H12ClN3O2. The molecule has 0 fully saturated rings. The second-order valence-corrected chi connectivity index (χ2v) is 2.82. The Balaban J connectivity index is 0.000000980. The van der Waals surface area contributed by atoms with Crippen molar-refractivity contribution < 1.29 is 9.26 Å². The van der Waals surface area contributed by atoms with Crippen LogP contribution in [0.3, 0.4) is 0 Å². The number of nitrogens with two attached hydrogens (primary N) is 1. The van der Waals surface area contributed by atoms with E-state index in [1.165, 1.54) is 0 Å². The van der Waals surface area contributed by atoms with Crippen molar-refractivity contribution in [1.82, 2.24) is 10.1 Å². The molecule has 2 heterocycles. The van der Waals surface area contributed by atoms with Gasteiger partial charge >= 0.3 is 0 Å². The minimum Gasteiger partial charge on any atom is -0.500 e. The van der Waals surface area contributed by atoms with E-state index in [0.29, 0.717) is 31.3 Å². The lowest BCUT2D eigenvalue weighted by atomic mass is 10.2. The first kappa shape index (κ1) is 11.0. The van der Waals surface area contributed by atoms with E-state index >= 15 is 0 Å². The van der Waals surface area contributed by atoms with Crippen LogP contribution in [0, 0.1) is 0 Å². The zero-order chi connectivity index (χ0) is 9.10. The van der Waals surface area contributed by atoms with Crippen LogP contribution in [0.2, 0.25) is 0 Å². The van der Waals surface area contributed by atoms with Gasteiger partial charge in [0.25, 0.3) is 5.89 Å². The fraction of sp³-hybridized carbons (Fsp3) is 0.500. The topological polar surface area (TPSA) is 74.2 Å². The van der Waals surface area contributed by atoms with Crippen LogP contribution in [-0.2, 0) is 11.2 Å². The second kappa shape index (κ2) is 4.97. The molecule has 0 amide bonds. The van der Waals surface area contributed by atoms with Crippen LogP contribution in [0.15, 0.2) is 10.8 Å². The summed E-state index contributed by atoms with van der Waals surface area (Å²) in [5.74, 6) is 1.21. The first-order chi connectivity index (χ1) is 6.40. The van der Waals surface area contributed by atoms with Crippen molar-refractivity contribution in [1.29, 1.82) is 0 Å². The summed E-state index contributed by atoms with van der Waals surface area (Å²) >= 11 is 0. The summed E-state index contributed by atoms with van der Waals surface area (Å²) in [5, 5.41) is 3.79. The molecule has 0 atom stereocenters. The molecule has 5 nitrogen and oxygen atoms in total. The zero-order valence-corrected chi connectivity index (χ0v) is 8.42. The van der Waals surface area contributed by atoms with E-state index in [1.54, 1.807) is 6.26 Å². The summed E-state index contributed by atoms with van der Waals surface area (Å²) in [6, 6.07) is 0. The normalized spacial score (nSPS) is 14.5. The third-order valence-corrected chi connectivity index (χ3v) is 1.83. The van der Waals surface area contributed by atoms with Gasteiger partial charge in [0.05, 0.1) is 18.4 Å². The number of hydrogen-bond acceptors (Lipinski definition) is 5. The highest BCUT2D eigenvalue weighted by atomic mass is 35.5. The van der Waals surface area contributed by atoms with E-state index in [1.807, 2.05) is 0 Å². The lowest BCUT2D eigenvalue weighted by molar-refractivity contribution is 0.281. The molecular weight excluding hydrogens is 206 g/mol. The van der Waals surface area contributed by atoms with Crippen molar-refractivity contribution in [2.75, 3.05) is 13.2 Å². The van der Waals surface area contributed by atoms with Crippen LogP contribution in [-0.4, -0.2) is 23.3 Å². The Morgan fingerprint density at radius 1 is 1.50 bits per heavy atom. The van der Waals surface area contributed by atoms with Crippen LogP contribution in [0.4, 0.5) is 0 Å². The summed E-state index contributed by atoms with van der Waals surface area (Å²) in [6.45, 7) is 1.23. The molecule has 0 spiro atoms. The molecule has 1 aliphatic heterocycles. The van der Waals surface area contributed by atoms with Crippen LogP contribution in [0.25, 0.3) is 5.57 Å². The first-order valence-corrected chi connectivity index (χ1v) is 4.24. The van der Waals surface area contributed by atoms with Gasteiger partial charge in [-0.15, -0.1) is 12.4 Å². The van der Waals surface area contributed by atoms with E-state index in [4.69, 9.17) is 15.0 Å². The average Bonchev–Trinajstić information content (AvgIpc) is 2.70. The molecule has 0 aromatic carbocycles. The van der Waals surface area contributed by atoms with Gasteiger partial charge in [-0.05, 0) is 6.54 Å². The highest BCUT2D eigenvalue weighted by molar-refractivity contribution is 5.85. The molecule has 0 unspecified atom stereocenters. The predicted octanol–water partition coefficient (Wildman–Crippen LogP) is 0.754.